The summed E-state index contributed by atoms with van der Waals surface area (Å²) in [5.74, 6) is -0.0648. The second-order valence-corrected chi connectivity index (χ2v) is 7.58. The summed E-state index contributed by atoms with van der Waals surface area (Å²) in [6, 6.07) is 8.35. The van der Waals surface area contributed by atoms with Gasteiger partial charge < -0.3 is 5.32 Å². The molecule has 1 amide bonds. The van der Waals surface area contributed by atoms with Gasteiger partial charge in [-0.25, -0.2) is 0 Å². The molecule has 0 aliphatic heterocycles. The third-order valence-electron chi connectivity index (χ3n) is 4.90. The van der Waals surface area contributed by atoms with E-state index in [2.05, 4.69) is 40.6 Å². The van der Waals surface area contributed by atoms with Crippen molar-refractivity contribution in [1.82, 2.24) is 19.6 Å². The van der Waals surface area contributed by atoms with Gasteiger partial charge in [-0.15, -0.1) is 0 Å². The molecule has 6 nitrogen and oxygen atoms in total. The average molecular weight is 400 g/mol. The van der Waals surface area contributed by atoms with Crippen LogP contribution < -0.4 is 5.32 Å². The van der Waals surface area contributed by atoms with Gasteiger partial charge in [-0.1, -0.05) is 41.4 Å². The molecule has 3 rings (SSSR count). The first kappa shape index (κ1) is 20.1. The van der Waals surface area contributed by atoms with Crippen molar-refractivity contribution in [3.63, 3.8) is 0 Å². The summed E-state index contributed by atoms with van der Waals surface area (Å²) in [6.45, 7) is 10.9. The minimum atomic E-state index is -0.0648. The highest BCUT2D eigenvalue weighted by Gasteiger charge is 2.16. The minimum Gasteiger partial charge on any atom is -0.323 e. The first-order valence-corrected chi connectivity index (χ1v) is 9.73. The van der Waals surface area contributed by atoms with E-state index in [9.17, 15) is 4.79 Å². The number of halogens is 1. The van der Waals surface area contributed by atoms with E-state index in [0.29, 0.717) is 24.5 Å². The maximum atomic E-state index is 12.5. The molecule has 148 valence electrons. The molecular formula is C21H26ClN5O. The van der Waals surface area contributed by atoms with Crippen LogP contribution in [0.3, 0.4) is 0 Å². The molecule has 28 heavy (non-hydrogen) atoms. The highest BCUT2D eigenvalue weighted by molar-refractivity contribution is 6.31. The highest BCUT2D eigenvalue weighted by Crippen LogP contribution is 2.22. The molecule has 3 aromatic rings. The number of carbonyl (C=O) groups excluding carboxylic acids is 1. The van der Waals surface area contributed by atoms with Gasteiger partial charge in [0.15, 0.2) is 0 Å². The fourth-order valence-corrected chi connectivity index (χ4v) is 3.45. The first-order chi connectivity index (χ1) is 13.3. The Hall–Kier alpha value is -2.60. The van der Waals surface area contributed by atoms with Crippen LogP contribution in [0.25, 0.3) is 0 Å². The lowest BCUT2D eigenvalue weighted by atomic mass is 10.1. The van der Waals surface area contributed by atoms with Gasteiger partial charge in [-0.3, -0.25) is 14.2 Å². The van der Waals surface area contributed by atoms with Crippen molar-refractivity contribution < 1.29 is 4.79 Å². The number of rotatable bonds is 6. The van der Waals surface area contributed by atoms with Crippen LogP contribution >= 0.6 is 11.6 Å². The fraction of sp³-hybridized carbons (Fsp3) is 0.381. The summed E-state index contributed by atoms with van der Waals surface area (Å²) in [7, 11) is 0. The van der Waals surface area contributed by atoms with Gasteiger partial charge in [0.1, 0.15) is 0 Å². The van der Waals surface area contributed by atoms with Crippen molar-refractivity contribution in [2.75, 3.05) is 5.32 Å². The van der Waals surface area contributed by atoms with Crippen molar-refractivity contribution in [2.45, 2.75) is 54.1 Å². The molecule has 0 aliphatic carbocycles. The van der Waals surface area contributed by atoms with Crippen molar-refractivity contribution >= 4 is 23.2 Å². The van der Waals surface area contributed by atoms with Crippen molar-refractivity contribution in [3.05, 3.63) is 63.2 Å². The summed E-state index contributed by atoms with van der Waals surface area (Å²) >= 11 is 6.17. The molecule has 0 saturated carbocycles. The van der Waals surface area contributed by atoms with Crippen molar-refractivity contribution in [2.24, 2.45) is 0 Å². The van der Waals surface area contributed by atoms with Gasteiger partial charge >= 0.3 is 0 Å². The second-order valence-electron chi connectivity index (χ2n) is 7.20. The van der Waals surface area contributed by atoms with Gasteiger partial charge in [0.2, 0.25) is 5.91 Å². The molecule has 2 aromatic heterocycles. The molecule has 0 aliphatic rings. The topological polar surface area (TPSA) is 64.7 Å². The lowest BCUT2D eigenvalue weighted by molar-refractivity contribution is -0.116. The molecular weight excluding hydrogens is 374 g/mol. The molecule has 0 fully saturated rings. The summed E-state index contributed by atoms with van der Waals surface area (Å²) in [5, 5.41) is 12.6. The number of anilines is 1. The number of amides is 1. The van der Waals surface area contributed by atoms with Crippen LogP contribution in [0.5, 0.6) is 0 Å². The second kappa shape index (κ2) is 8.19. The Kier molecular flexibility index (Phi) is 5.89. The number of hydrogen-bond acceptors (Lipinski definition) is 3. The highest BCUT2D eigenvalue weighted by atomic mass is 35.5. The Labute approximate surface area is 170 Å². The van der Waals surface area contributed by atoms with E-state index in [0.717, 1.165) is 28.5 Å². The molecule has 1 aromatic carbocycles. The quantitative estimate of drug-likeness (QED) is 0.670. The zero-order chi connectivity index (χ0) is 20.4. The molecule has 1 N–H and O–H groups in total. The van der Waals surface area contributed by atoms with E-state index in [1.165, 1.54) is 11.1 Å². The summed E-state index contributed by atoms with van der Waals surface area (Å²) in [6.07, 6.45) is 0.320. The molecule has 2 heterocycles. The Bertz CT molecular complexity index is 1020. The van der Waals surface area contributed by atoms with Gasteiger partial charge in [-0.2, -0.15) is 10.2 Å². The predicted octanol–water partition coefficient (Wildman–Crippen LogP) is 4.35. The number of nitrogens with zero attached hydrogens (tertiary/aromatic N) is 4. The number of carbonyl (C=O) groups is 1. The molecule has 0 spiro atoms. The van der Waals surface area contributed by atoms with Crippen LogP contribution in [0.2, 0.25) is 5.02 Å². The molecule has 0 saturated heterocycles. The van der Waals surface area contributed by atoms with Gasteiger partial charge in [0.05, 0.1) is 46.6 Å². The van der Waals surface area contributed by atoms with E-state index in [1.807, 2.05) is 38.4 Å². The molecule has 0 unspecified atom stereocenters. The number of aromatic nitrogens is 4. The van der Waals surface area contributed by atoms with E-state index >= 15 is 0 Å². The Morgan fingerprint density at radius 1 is 1.04 bits per heavy atom. The van der Waals surface area contributed by atoms with Crippen LogP contribution in [0.15, 0.2) is 24.3 Å². The predicted molar refractivity (Wildman–Crippen MR) is 112 cm³/mol. The standard InChI is InChI=1S/C21H26ClN5O/c1-13-7-6-8-18(11-13)12-27-17(5)21(15(3)25-27)23-19(28)9-10-26-16(4)20(22)14(2)24-26/h6-8,11H,9-10,12H2,1-5H3,(H,23,28). The number of nitrogens with one attached hydrogen (secondary N) is 1. The third kappa shape index (κ3) is 4.28. The van der Waals surface area contributed by atoms with Crippen LogP contribution in [-0.4, -0.2) is 25.5 Å². The summed E-state index contributed by atoms with van der Waals surface area (Å²) in [4.78, 5) is 12.5. The van der Waals surface area contributed by atoms with E-state index in [4.69, 9.17) is 11.6 Å². The summed E-state index contributed by atoms with van der Waals surface area (Å²) in [5.41, 5.74) is 6.61. The lowest BCUT2D eigenvalue weighted by Gasteiger charge is -2.08. The minimum absolute atomic E-state index is 0.0648. The van der Waals surface area contributed by atoms with Crippen LogP contribution in [0.4, 0.5) is 5.69 Å². The lowest BCUT2D eigenvalue weighted by Crippen LogP contribution is -2.16. The maximum absolute atomic E-state index is 12.5. The van der Waals surface area contributed by atoms with E-state index in [1.54, 1.807) is 4.68 Å². The van der Waals surface area contributed by atoms with Gasteiger partial charge in [-0.05, 0) is 40.2 Å². The smallest absolute Gasteiger partial charge is 0.226 e. The Balaban J connectivity index is 1.67. The number of benzene rings is 1. The zero-order valence-electron chi connectivity index (χ0n) is 17.0. The molecule has 7 heteroatoms. The average Bonchev–Trinajstić information content (AvgIpc) is 3.04. The van der Waals surface area contributed by atoms with E-state index in [-0.39, 0.29) is 5.91 Å². The largest absolute Gasteiger partial charge is 0.323 e. The van der Waals surface area contributed by atoms with Crippen LogP contribution in [0.1, 0.15) is 40.3 Å². The SMILES string of the molecule is Cc1cccc(Cn2nc(C)c(NC(=O)CCn3nc(C)c(Cl)c3C)c2C)c1. The fourth-order valence-electron chi connectivity index (χ4n) is 3.32. The van der Waals surface area contributed by atoms with Crippen LogP contribution in [-0.2, 0) is 17.9 Å². The van der Waals surface area contributed by atoms with Crippen molar-refractivity contribution in [1.29, 1.82) is 0 Å². The molecule has 0 bridgehead atoms. The van der Waals surface area contributed by atoms with Crippen LogP contribution in [0, 0.1) is 34.6 Å². The van der Waals surface area contributed by atoms with Gasteiger partial charge in [0, 0.05) is 6.42 Å². The zero-order valence-corrected chi connectivity index (χ0v) is 17.8. The number of aryl methyl sites for hydroxylation is 4. The van der Waals surface area contributed by atoms with Crippen molar-refractivity contribution in [3.8, 4) is 0 Å². The normalized spacial score (nSPS) is 11.1. The monoisotopic (exact) mass is 399 g/mol. The number of hydrogen-bond donors (Lipinski definition) is 1. The van der Waals surface area contributed by atoms with E-state index < -0.39 is 0 Å². The molecule has 0 radical (unpaired) electrons. The van der Waals surface area contributed by atoms with Gasteiger partial charge in [0.25, 0.3) is 0 Å². The summed E-state index contributed by atoms with van der Waals surface area (Å²) < 4.78 is 3.71. The Morgan fingerprint density at radius 2 is 1.75 bits per heavy atom. The maximum Gasteiger partial charge on any atom is 0.226 e. The molecule has 0 atom stereocenters. The first-order valence-electron chi connectivity index (χ1n) is 9.35. The third-order valence-corrected chi connectivity index (χ3v) is 5.45. The Morgan fingerprint density at radius 3 is 2.39 bits per heavy atom.